The fraction of sp³-hybridized carbons (Fsp3) is 0.364. The van der Waals surface area contributed by atoms with Crippen molar-refractivity contribution in [3.8, 4) is 0 Å². The summed E-state index contributed by atoms with van der Waals surface area (Å²) in [6, 6.07) is 4.52. The summed E-state index contributed by atoms with van der Waals surface area (Å²) < 4.78 is 13.5. The highest BCUT2D eigenvalue weighted by molar-refractivity contribution is 7.99. The molecule has 0 saturated heterocycles. The van der Waals surface area contributed by atoms with Crippen LogP contribution in [0.5, 0.6) is 0 Å². The normalized spacial score (nSPS) is 12.4. The molecule has 16 heavy (non-hydrogen) atoms. The van der Waals surface area contributed by atoms with Crippen LogP contribution in [0.3, 0.4) is 0 Å². The van der Waals surface area contributed by atoms with Crippen LogP contribution >= 0.6 is 11.8 Å². The molecule has 0 heterocycles. The minimum Gasteiger partial charge on any atom is -0.395 e. The lowest BCUT2D eigenvalue weighted by Gasteiger charge is -2.09. The SMILES string of the molecule is CC(CO)SCc1ccc(C(=N)N)cc1F. The highest BCUT2D eigenvalue weighted by atomic mass is 32.2. The van der Waals surface area contributed by atoms with Gasteiger partial charge in [-0.2, -0.15) is 11.8 Å². The van der Waals surface area contributed by atoms with Crippen LogP contribution < -0.4 is 5.73 Å². The highest BCUT2D eigenvalue weighted by Crippen LogP contribution is 2.20. The average molecular weight is 242 g/mol. The van der Waals surface area contributed by atoms with Crippen LogP contribution in [-0.4, -0.2) is 22.8 Å². The van der Waals surface area contributed by atoms with E-state index in [-0.39, 0.29) is 23.5 Å². The van der Waals surface area contributed by atoms with E-state index in [1.54, 1.807) is 12.1 Å². The number of thioether (sulfide) groups is 1. The molecule has 1 rings (SSSR count). The number of amidine groups is 1. The number of nitrogens with two attached hydrogens (primary N) is 1. The minimum atomic E-state index is -0.356. The zero-order valence-electron chi connectivity index (χ0n) is 9.03. The number of hydrogen-bond acceptors (Lipinski definition) is 3. The molecule has 88 valence electrons. The van der Waals surface area contributed by atoms with Gasteiger partial charge in [-0.05, 0) is 11.6 Å². The molecule has 0 radical (unpaired) electrons. The first-order valence-corrected chi connectivity index (χ1v) is 5.94. The first kappa shape index (κ1) is 13.0. The quantitative estimate of drug-likeness (QED) is 0.544. The molecule has 0 aliphatic heterocycles. The fourth-order valence-electron chi connectivity index (χ4n) is 1.12. The highest BCUT2D eigenvalue weighted by Gasteiger charge is 2.07. The Bertz CT molecular complexity index is 384. The van der Waals surface area contributed by atoms with Crippen LogP contribution in [0.4, 0.5) is 4.39 Å². The van der Waals surface area contributed by atoms with Crippen molar-refractivity contribution in [2.75, 3.05) is 6.61 Å². The van der Waals surface area contributed by atoms with Gasteiger partial charge in [0.2, 0.25) is 0 Å². The Kier molecular flexibility index (Phi) is 4.76. The van der Waals surface area contributed by atoms with Gasteiger partial charge in [-0.3, -0.25) is 5.41 Å². The van der Waals surface area contributed by atoms with Gasteiger partial charge in [0.1, 0.15) is 11.7 Å². The van der Waals surface area contributed by atoms with Gasteiger partial charge in [-0.15, -0.1) is 0 Å². The van der Waals surface area contributed by atoms with Crippen molar-refractivity contribution in [3.63, 3.8) is 0 Å². The minimum absolute atomic E-state index is 0.0812. The lowest BCUT2D eigenvalue weighted by atomic mass is 10.1. The Morgan fingerprint density at radius 1 is 1.62 bits per heavy atom. The van der Waals surface area contributed by atoms with Gasteiger partial charge in [0.05, 0.1) is 6.61 Å². The molecule has 0 aromatic heterocycles. The Morgan fingerprint density at radius 3 is 2.81 bits per heavy atom. The fourth-order valence-corrected chi connectivity index (χ4v) is 1.92. The molecular weight excluding hydrogens is 227 g/mol. The predicted octanol–water partition coefficient (Wildman–Crippen LogP) is 1.72. The van der Waals surface area contributed by atoms with Crippen LogP contribution in [0.1, 0.15) is 18.1 Å². The van der Waals surface area contributed by atoms with E-state index in [9.17, 15) is 4.39 Å². The van der Waals surface area contributed by atoms with E-state index in [0.29, 0.717) is 16.9 Å². The van der Waals surface area contributed by atoms with Crippen molar-refractivity contribution < 1.29 is 9.50 Å². The third kappa shape index (κ3) is 3.50. The molecule has 0 bridgehead atoms. The number of nitrogen functional groups attached to an aromatic ring is 1. The first-order chi connectivity index (χ1) is 7.54. The van der Waals surface area contributed by atoms with Gasteiger partial charge in [0, 0.05) is 16.6 Å². The molecule has 0 spiro atoms. The number of halogens is 1. The van der Waals surface area contributed by atoms with Gasteiger partial charge in [-0.1, -0.05) is 19.1 Å². The molecule has 0 fully saturated rings. The maximum absolute atomic E-state index is 13.5. The topological polar surface area (TPSA) is 70.1 Å². The van der Waals surface area contributed by atoms with Gasteiger partial charge < -0.3 is 10.8 Å². The number of benzene rings is 1. The summed E-state index contributed by atoms with van der Waals surface area (Å²) in [5, 5.41) is 16.1. The number of rotatable bonds is 5. The molecule has 3 nitrogen and oxygen atoms in total. The largest absolute Gasteiger partial charge is 0.395 e. The third-order valence-corrected chi connectivity index (χ3v) is 3.34. The van der Waals surface area contributed by atoms with Crippen LogP contribution in [0.2, 0.25) is 0 Å². The number of nitrogens with one attached hydrogen (secondary N) is 1. The molecule has 1 aromatic carbocycles. The van der Waals surface area contributed by atoms with Crippen molar-refractivity contribution in [3.05, 3.63) is 35.1 Å². The molecule has 0 saturated carbocycles. The Balaban J connectivity index is 2.72. The van der Waals surface area contributed by atoms with Crippen molar-refractivity contribution in [1.29, 1.82) is 5.41 Å². The second-order valence-corrected chi connectivity index (χ2v) is 4.95. The van der Waals surface area contributed by atoms with Gasteiger partial charge >= 0.3 is 0 Å². The van der Waals surface area contributed by atoms with Crippen LogP contribution in [-0.2, 0) is 5.75 Å². The lowest BCUT2D eigenvalue weighted by Crippen LogP contribution is -2.11. The molecule has 0 aliphatic carbocycles. The maximum Gasteiger partial charge on any atom is 0.127 e. The Hall–Kier alpha value is -1.07. The van der Waals surface area contributed by atoms with Gasteiger partial charge in [0.15, 0.2) is 0 Å². The van der Waals surface area contributed by atoms with Crippen LogP contribution in [0, 0.1) is 11.2 Å². The van der Waals surface area contributed by atoms with E-state index in [4.69, 9.17) is 16.2 Å². The third-order valence-electron chi connectivity index (χ3n) is 2.14. The second kappa shape index (κ2) is 5.86. The molecule has 5 heteroatoms. The monoisotopic (exact) mass is 242 g/mol. The zero-order valence-corrected chi connectivity index (χ0v) is 9.85. The summed E-state index contributed by atoms with van der Waals surface area (Å²) in [4.78, 5) is 0. The summed E-state index contributed by atoms with van der Waals surface area (Å²) in [5.74, 6) is 0.0123. The lowest BCUT2D eigenvalue weighted by molar-refractivity contribution is 0.300. The molecule has 1 unspecified atom stereocenters. The Labute approximate surface area is 98.4 Å². The predicted molar refractivity (Wildman–Crippen MR) is 65.3 cm³/mol. The number of aliphatic hydroxyl groups is 1. The molecule has 1 aromatic rings. The van der Waals surface area contributed by atoms with E-state index in [0.717, 1.165) is 0 Å². The molecule has 1 atom stereocenters. The molecular formula is C11H15FN2OS. The zero-order chi connectivity index (χ0) is 12.1. The smallest absolute Gasteiger partial charge is 0.127 e. The summed E-state index contributed by atoms with van der Waals surface area (Å²) in [7, 11) is 0. The summed E-state index contributed by atoms with van der Waals surface area (Å²) in [5.41, 5.74) is 6.21. The van der Waals surface area contributed by atoms with E-state index in [1.807, 2.05) is 6.92 Å². The van der Waals surface area contributed by atoms with Crippen LogP contribution in [0.25, 0.3) is 0 Å². The summed E-state index contributed by atoms with van der Waals surface area (Å²) in [6.45, 7) is 1.96. The van der Waals surface area contributed by atoms with Crippen molar-refractivity contribution in [2.24, 2.45) is 5.73 Å². The molecule has 0 amide bonds. The van der Waals surface area contributed by atoms with E-state index >= 15 is 0 Å². The van der Waals surface area contributed by atoms with E-state index in [2.05, 4.69) is 0 Å². The maximum atomic E-state index is 13.5. The Morgan fingerprint density at radius 2 is 2.31 bits per heavy atom. The van der Waals surface area contributed by atoms with E-state index < -0.39 is 0 Å². The standard InChI is InChI=1S/C11H15FN2OS/c1-7(5-15)16-6-9-3-2-8(11(13)14)4-10(9)12/h2-4,7,15H,5-6H2,1H3,(H3,13,14). The first-order valence-electron chi connectivity index (χ1n) is 4.90. The van der Waals surface area contributed by atoms with Gasteiger partial charge in [-0.25, -0.2) is 4.39 Å². The van der Waals surface area contributed by atoms with Crippen LogP contribution in [0.15, 0.2) is 18.2 Å². The second-order valence-electron chi connectivity index (χ2n) is 3.52. The van der Waals surface area contributed by atoms with Crippen molar-refractivity contribution >= 4 is 17.6 Å². The average Bonchev–Trinajstić information content (AvgIpc) is 2.26. The number of hydrogen-bond donors (Lipinski definition) is 3. The molecule has 0 aliphatic rings. The van der Waals surface area contributed by atoms with E-state index in [1.165, 1.54) is 17.8 Å². The molecule has 4 N–H and O–H groups in total. The van der Waals surface area contributed by atoms with Crippen molar-refractivity contribution in [1.82, 2.24) is 0 Å². The van der Waals surface area contributed by atoms with Gasteiger partial charge in [0.25, 0.3) is 0 Å². The van der Waals surface area contributed by atoms with Crippen molar-refractivity contribution in [2.45, 2.75) is 17.9 Å². The number of aliphatic hydroxyl groups excluding tert-OH is 1. The summed E-state index contributed by atoms with van der Waals surface area (Å²) in [6.07, 6.45) is 0. The summed E-state index contributed by atoms with van der Waals surface area (Å²) >= 11 is 1.48.